The fourth-order valence-electron chi connectivity index (χ4n) is 3.16. The molecule has 2 aromatic heterocycles. The minimum atomic E-state index is -0.267. The van der Waals surface area contributed by atoms with Crippen LogP contribution in [0.15, 0.2) is 78.0 Å². The van der Waals surface area contributed by atoms with Crippen molar-refractivity contribution in [2.45, 2.75) is 11.4 Å². The molecule has 0 spiro atoms. The van der Waals surface area contributed by atoms with Crippen molar-refractivity contribution in [1.29, 1.82) is 0 Å². The van der Waals surface area contributed by atoms with Gasteiger partial charge in [0, 0.05) is 28.4 Å². The zero-order valence-electron chi connectivity index (χ0n) is 15.0. The van der Waals surface area contributed by atoms with E-state index in [1.54, 1.807) is 24.4 Å². The first-order valence-corrected chi connectivity index (χ1v) is 9.32. The highest BCUT2D eigenvalue weighted by Gasteiger charge is 2.14. The van der Waals surface area contributed by atoms with Crippen molar-refractivity contribution in [3.8, 4) is 11.3 Å². The molecular formula is C21H17FN2O3S. The molecule has 4 rings (SSSR count). The average Bonchev–Trinajstić information content (AvgIpc) is 3.06. The van der Waals surface area contributed by atoms with Crippen LogP contribution in [0.2, 0.25) is 0 Å². The lowest BCUT2D eigenvalue weighted by Crippen LogP contribution is -2.24. The first-order valence-electron chi connectivity index (χ1n) is 8.58. The fourth-order valence-corrected chi connectivity index (χ4v) is 3.61. The zero-order valence-corrected chi connectivity index (χ0v) is 15.9. The molecule has 7 heteroatoms. The third kappa shape index (κ3) is 3.87. The van der Waals surface area contributed by atoms with Crippen LogP contribution in [0.5, 0.6) is 0 Å². The lowest BCUT2D eigenvalue weighted by Gasteiger charge is -2.11. The van der Waals surface area contributed by atoms with Gasteiger partial charge >= 0.3 is 0 Å². The van der Waals surface area contributed by atoms with E-state index in [0.29, 0.717) is 6.54 Å². The molecule has 28 heavy (non-hydrogen) atoms. The Morgan fingerprint density at radius 1 is 1.11 bits per heavy atom. The van der Waals surface area contributed by atoms with E-state index >= 15 is 0 Å². The predicted molar refractivity (Wildman–Crippen MR) is 106 cm³/mol. The summed E-state index contributed by atoms with van der Waals surface area (Å²) in [4.78, 5) is 5.54. The van der Waals surface area contributed by atoms with E-state index in [0.717, 1.165) is 49.4 Å². The van der Waals surface area contributed by atoms with Crippen LogP contribution in [0, 0.1) is 11.0 Å². The van der Waals surface area contributed by atoms with Gasteiger partial charge in [-0.2, -0.15) is 9.06 Å². The van der Waals surface area contributed by atoms with Gasteiger partial charge in [0.05, 0.1) is 30.4 Å². The molecule has 0 bridgehead atoms. The van der Waals surface area contributed by atoms with Crippen molar-refractivity contribution in [1.82, 2.24) is 4.57 Å². The van der Waals surface area contributed by atoms with Gasteiger partial charge in [-0.25, -0.2) is 9.28 Å². The summed E-state index contributed by atoms with van der Waals surface area (Å²) >= 11 is 1.13. The van der Waals surface area contributed by atoms with E-state index in [4.69, 9.17) is 4.33 Å². The molecule has 0 atom stereocenters. The molecule has 0 radical (unpaired) electrons. The molecule has 0 aliphatic heterocycles. The minimum Gasteiger partial charge on any atom is -0.619 e. The summed E-state index contributed by atoms with van der Waals surface area (Å²) in [5.41, 5.74) is 3.67. The van der Waals surface area contributed by atoms with E-state index in [2.05, 4.69) is 9.45 Å². The highest BCUT2D eigenvalue weighted by Crippen LogP contribution is 2.32. The van der Waals surface area contributed by atoms with Crippen LogP contribution in [0.4, 0.5) is 4.39 Å². The summed E-state index contributed by atoms with van der Waals surface area (Å²) in [7, 11) is 1.45. The van der Waals surface area contributed by atoms with Crippen molar-refractivity contribution in [3.05, 3.63) is 89.6 Å². The Bertz CT molecular complexity index is 1110. The van der Waals surface area contributed by atoms with E-state index in [1.165, 1.54) is 25.4 Å². The maximum absolute atomic E-state index is 13.3. The second kappa shape index (κ2) is 8.02. The van der Waals surface area contributed by atoms with Crippen molar-refractivity contribution >= 4 is 22.9 Å². The minimum absolute atomic E-state index is 0.267. The number of aromatic nitrogens is 2. The normalized spacial score (nSPS) is 11.2. The molecule has 0 amide bonds. The summed E-state index contributed by atoms with van der Waals surface area (Å²) in [5, 5.41) is 12.8. The monoisotopic (exact) mass is 396 g/mol. The third-order valence-electron chi connectivity index (χ3n) is 4.40. The van der Waals surface area contributed by atoms with E-state index in [1.807, 2.05) is 30.3 Å². The van der Waals surface area contributed by atoms with Gasteiger partial charge in [0.2, 0.25) is 0 Å². The number of nitrogens with zero attached hydrogens (tertiary/aromatic N) is 2. The number of fused-ring (bicyclic) bond motifs is 1. The van der Waals surface area contributed by atoms with Gasteiger partial charge in [-0.05, 0) is 48.0 Å². The van der Waals surface area contributed by atoms with Gasteiger partial charge in [0.1, 0.15) is 5.82 Å². The standard InChI is InChI=1S/C21H17FN2O3S/c1-26-27-28-19-8-9-20-17(11-19)12-21(16-3-2-10-23(25)14-16)24(20)13-15-4-6-18(22)7-5-15/h2-12,14H,13H2,1H3. The van der Waals surface area contributed by atoms with Gasteiger partial charge in [-0.15, -0.1) is 0 Å². The first-order chi connectivity index (χ1) is 13.6. The van der Waals surface area contributed by atoms with Gasteiger partial charge in [-0.3, -0.25) is 0 Å². The molecule has 0 aliphatic rings. The van der Waals surface area contributed by atoms with Crippen molar-refractivity contribution in [3.63, 3.8) is 0 Å². The molecule has 2 aromatic carbocycles. The number of rotatable bonds is 6. The molecule has 0 aliphatic carbocycles. The van der Waals surface area contributed by atoms with Crippen LogP contribution in [-0.2, 0) is 15.8 Å². The number of pyridine rings is 1. The van der Waals surface area contributed by atoms with Crippen molar-refractivity contribution in [2.24, 2.45) is 0 Å². The van der Waals surface area contributed by atoms with E-state index in [-0.39, 0.29) is 5.82 Å². The first kappa shape index (κ1) is 18.5. The topological polar surface area (TPSA) is 50.3 Å². The van der Waals surface area contributed by atoms with Crippen LogP contribution in [0.3, 0.4) is 0 Å². The smallest absolute Gasteiger partial charge is 0.189 e. The number of benzene rings is 2. The fraction of sp³-hybridized carbons (Fsp3) is 0.0952. The SMILES string of the molecule is COOSc1ccc2c(c1)cc(-c1ccc[n+]([O-])c1)n2Cc1ccc(F)cc1. The molecule has 0 unspecified atom stereocenters. The van der Waals surface area contributed by atoms with E-state index in [9.17, 15) is 9.60 Å². The van der Waals surface area contributed by atoms with E-state index < -0.39 is 0 Å². The maximum atomic E-state index is 13.3. The largest absolute Gasteiger partial charge is 0.619 e. The summed E-state index contributed by atoms with van der Waals surface area (Å²) < 4.78 is 21.1. The Labute approximate surface area is 165 Å². The molecule has 142 valence electrons. The van der Waals surface area contributed by atoms with Gasteiger partial charge in [0.25, 0.3) is 0 Å². The number of halogens is 1. The average molecular weight is 396 g/mol. The van der Waals surface area contributed by atoms with Crippen LogP contribution in [0.1, 0.15) is 5.56 Å². The maximum Gasteiger partial charge on any atom is 0.189 e. The lowest BCUT2D eigenvalue weighted by molar-refractivity contribution is -0.604. The Morgan fingerprint density at radius 2 is 1.93 bits per heavy atom. The molecule has 5 nitrogen and oxygen atoms in total. The Balaban J connectivity index is 1.83. The second-order valence-electron chi connectivity index (χ2n) is 6.23. The summed E-state index contributed by atoms with van der Waals surface area (Å²) in [5.74, 6) is -0.267. The number of hydrogen-bond donors (Lipinski definition) is 0. The summed E-state index contributed by atoms with van der Waals surface area (Å²) in [6, 6.07) is 18.0. The molecule has 0 N–H and O–H groups in total. The van der Waals surface area contributed by atoms with Crippen molar-refractivity contribution in [2.75, 3.05) is 7.11 Å². The predicted octanol–water partition coefficient (Wildman–Crippen LogP) is 4.71. The van der Waals surface area contributed by atoms with Gasteiger partial charge in [0.15, 0.2) is 12.4 Å². The quantitative estimate of drug-likeness (QED) is 0.156. The number of hydrogen-bond acceptors (Lipinski definition) is 4. The Kier molecular flexibility index (Phi) is 5.29. The molecule has 0 saturated carbocycles. The highest BCUT2D eigenvalue weighted by atomic mass is 32.2. The third-order valence-corrected chi connectivity index (χ3v) is 5.05. The summed E-state index contributed by atoms with van der Waals surface area (Å²) in [6.07, 6.45) is 2.99. The molecule has 2 heterocycles. The highest BCUT2D eigenvalue weighted by molar-refractivity contribution is 7.94. The van der Waals surface area contributed by atoms with Crippen molar-refractivity contribution < 1.29 is 18.3 Å². The van der Waals surface area contributed by atoms with Crippen LogP contribution in [-0.4, -0.2) is 11.7 Å². The Morgan fingerprint density at radius 3 is 2.68 bits per heavy atom. The van der Waals surface area contributed by atoms with Crippen LogP contribution >= 0.6 is 12.0 Å². The molecule has 4 aromatic rings. The Hall–Kier alpha value is -2.87. The van der Waals surface area contributed by atoms with Crippen LogP contribution < -0.4 is 4.73 Å². The van der Waals surface area contributed by atoms with Crippen LogP contribution in [0.25, 0.3) is 22.2 Å². The zero-order chi connectivity index (χ0) is 19.5. The van der Waals surface area contributed by atoms with Gasteiger partial charge < -0.3 is 9.77 Å². The molecule has 0 saturated heterocycles. The molecule has 0 fully saturated rings. The lowest BCUT2D eigenvalue weighted by atomic mass is 10.2. The van der Waals surface area contributed by atoms with Gasteiger partial charge in [-0.1, -0.05) is 12.1 Å². The second-order valence-corrected chi connectivity index (χ2v) is 7.01. The molecular weight excluding hydrogens is 379 g/mol. The summed E-state index contributed by atoms with van der Waals surface area (Å²) in [6.45, 7) is 0.550.